The SMILES string of the molecule is CCC(COC)NC(=O)c1cn2c(cc1=O)-c1cc(OC)c(OCCCOC)cc1CC2CC. The lowest BCUT2D eigenvalue weighted by atomic mass is 9.90. The zero-order chi connectivity index (χ0) is 24.7. The van der Waals surface area contributed by atoms with Crippen LogP contribution in [0.15, 0.2) is 29.2 Å². The minimum atomic E-state index is -0.373. The van der Waals surface area contributed by atoms with E-state index in [0.717, 1.165) is 36.1 Å². The number of nitrogens with zero attached hydrogens (tertiary/aromatic N) is 1. The van der Waals surface area contributed by atoms with E-state index in [1.165, 1.54) is 0 Å². The third-order valence-corrected chi connectivity index (χ3v) is 6.26. The lowest BCUT2D eigenvalue weighted by Gasteiger charge is -2.31. The van der Waals surface area contributed by atoms with E-state index < -0.39 is 0 Å². The zero-order valence-electron chi connectivity index (χ0n) is 20.8. The molecule has 8 heteroatoms. The molecule has 1 aliphatic rings. The number of amides is 1. The first-order chi connectivity index (χ1) is 16.5. The maximum absolute atomic E-state index is 13.0. The highest BCUT2D eigenvalue weighted by Gasteiger charge is 2.27. The molecular formula is C26H36N2O6. The highest BCUT2D eigenvalue weighted by molar-refractivity contribution is 5.94. The smallest absolute Gasteiger partial charge is 0.257 e. The van der Waals surface area contributed by atoms with Crippen LogP contribution in [0.25, 0.3) is 11.3 Å². The molecule has 0 aliphatic carbocycles. The van der Waals surface area contributed by atoms with Gasteiger partial charge in [0.15, 0.2) is 16.9 Å². The van der Waals surface area contributed by atoms with Gasteiger partial charge in [-0.25, -0.2) is 0 Å². The van der Waals surface area contributed by atoms with Crippen molar-refractivity contribution in [2.24, 2.45) is 0 Å². The van der Waals surface area contributed by atoms with Crippen LogP contribution in [0, 0.1) is 0 Å². The average molecular weight is 473 g/mol. The quantitative estimate of drug-likeness (QED) is 0.475. The Balaban J connectivity index is 1.99. The summed E-state index contributed by atoms with van der Waals surface area (Å²) in [6, 6.07) is 5.46. The molecule has 1 N–H and O–H groups in total. The first-order valence-electron chi connectivity index (χ1n) is 11.9. The van der Waals surface area contributed by atoms with Crippen LogP contribution in [0.3, 0.4) is 0 Å². The van der Waals surface area contributed by atoms with Crippen LogP contribution in [0.5, 0.6) is 11.5 Å². The normalized spacial score (nSPS) is 15.3. The second-order valence-corrected chi connectivity index (χ2v) is 8.50. The third-order valence-electron chi connectivity index (χ3n) is 6.26. The largest absolute Gasteiger partial charge is 0.493 e. The third kappa shape index (κ3) is 5.62. The van der Waals surface area contributed by atoms with Gasteiger partial charge in [-0.05, 0) is 37.0 Å². The minimum Gasteiger partial charge on any atom is -0.493 e. The molecular weight excluding hydrogens is 436 g/mol. The number of aromatic nitrogens is 1. The van der Waals surface area contributed by atoms with Gasteiger partial charge in [-0.3, -0.25) is 9.59 Å². The molecule has 2 aromatic rings. The van der Waals surface area contributed by atoms with Crippen molar-refractivity contribution in [3.8, 4) is 22.8 Å². The fourth-order valence-electron chi connectivity index (χ4n) is 4.32. The molecule has 0 bridgehead atoms. The number of carbonyl (C=O) groups is 1. The van der Waals surface area contributed by atoms with Gasteiger partial charge in [0.2, 0.25) is 0 Å². The van der Waals surface area contributed by atoms with Crippen LogP contribution in [-0.2, 0) is 15.9 Å². The van der Waals surface area contributed by atoms with Gasteiger partial charge < -0.3 is 28.8 Å². The molecule has 0 spiro atoms. The maximum Gasteiger partial charge on any atom is 0.257 e. The Morgan fingerprint density at radius 3 is 2.56 bits per heavy atom. The van der Waals surface area contributed by atoms with Gasteiger partial charge in [-0.2, -0.15) is 0 Å². The number of ether oxygens (including phenoxy) is 4. The Labute approximate surface area is 201 Å². The van der Waals surface area contributed by atoms with Crippen LogP contribution < -0.4 is 20.2 Å². The highest BCUT2D eigenvalue weighted by Crippen LogP contribution is 2.41. The van der Waals surface area contributed by atoms with Crippen molar-refractivity contribution in [2.75, 3.05) is 41.2 Å². The molecule has 2 unspecified atom stereocenters. The molecule has 1 aliphatic heterocycles. The molecule has 0 saturated heterocycles. The number of methoxy groups -OCH3 is 3. The Kier molecular flexibility index (Phi) is 9.12. The van der Waals surface area contributed by atoms with Gasteiger partial charge in [0.1, 0.15) is 5.56 Å². The number of pyridine rings is 1. The van der Waals surface area contributed by atoms with Gasteiger partial charge in [-0.15, -0.1) is 0 Å². The number of fused-ring (bicyclic) bond motifs is 3. The summed E-state index contributed by atoms with van der Waals surface area (Å²) in [5.74, 6) is 0.919. The molecule has 186 valence electrons. The summed E-state index contributed by atoms with van der Waals surface area (Å²) in [6.07, 6.45) is 4.81. The standard InChI is InChI=1S/C26H36N2O6/c1-6-18(16-32-4)27-26(30)21-15-28-19(7-2)11-17-12-25(34-10-8-9-31-3)24(33-5)13-20(17)22(28)14-23(21)29/h12-15,18-19H,6-11,16H2,1-5H3,(H,27,30). The molecule has 2 heterocycles. The molecule has 1 aromatic carbocycles. The molecule has 0 fully saturated rings. The Bertz CT molecular complexity index is 1050. The second-order valence-electron chi connectivity index (χ2n) is 8.50. The highest BCUT2D eigenvalue weighted by atomic mass is 16.5. The predicted octanol–water partition coefficient (Wildman–Crippen LogP) is 3.60. The molecule has 34 heavy (non-hydrogen) atoms. The van der Waals surface area contributed by atoms with E-state index in [1.807, 2.05) is 19.1 Å². The average Bonchev–Trinajstić information content (AvgIpc) is 2.84. The van der Waals surface area contributed by atoms with E-state index in [0.29, 0.717) is 37.7 Å². The van der Waals surface area contributed by atoms with Gasteiger partial charge in [0.05, 0.1) is 32.1 Å². The van der Waals surface area contributed by atoms with E-state index in [9.17, 15) is 9.59 Å². The molecule has 8 nitrogen and oxygen atoms in total. The number of nitrogens with one attached hydrogen (secondary N) is 1. The lowest BCUT2D eigenvalue weighted by Crippen LogP contribution is -2.40. The Morgan fingerprint density at radius 1 is 1.12 bits per heavy atom. The summed E-state index contributed by atoms with van der Waals surface area (Å²) >= 11 is 0. The van der Waals surface area contributed by atoms with E-state index in [2.05, 4.69) is 16.8 Å². The van der Waals surface area contributed by atoms with Gasteiger partial charge in [-0.1, -0.05) is 13.8 Å². The van der Waals surface area contributed by atoms with Crippen LogP contribution in [-0.4, -0.2) is 57.7 Å². The zero-order valence-corrected chi connectivity index (χ0v) is 20.8. The maximum atomic E-state index is 13.0. The van der Waals surface area contributed by atoms with Crippen molar-refractivity contribution < 1.29 is 23.7 Å². The molecule has 2 atom stereocenters. The summed E-state index contributed by atoms with van der Waals surface area (Å²) in [4.78, 5) is 25.9. The summed E-state index contributed by atoms with van der Waals surface area (Å²) in [6.45, 7) is 5.62. The van der Waals surface area contributed by atoms with Gasteiger partial charge in [0.25, 0.3) is 5.91 Å². The van der Waals surface area contributed by atoms with Gasteiger partial charge >= 0.3 is 0 Å². The fourth-order valence-corrected chi connectivity index (χ4v) is 4.32. The summed E-state index contributed by atoms with van der Waals surface area (Å²) in [5, 5.41) is 2.92. The van der Waals surface area contributed by atoms with Crippen LogP contribution in [0.1, 0.15) is 55.1 Å². The van der Waals surface area contributed by atoms with Crippen LogP contribution >= 0.6 is 0 Å². The van der Waals surface area contributed by atoms with Gasteiger partial charge in [0, 0.05) is 51.1 Å². The Hall–Kier alpha value is -2.84. The van der Waals surface area contributed by atoms with Crippen molar-refractivity contribution in [1.29, 1.82) is 0 Å². The Morgan fingerprint density at radius 2 is 1.91 bits per heavy atom. The predicted molar refractivity (Wildman–Crippen MR) is 131 cm³/mol. The summed E-state index contributed by atoms with van der Waals surface area (Å²) in [5.41, 5.74) is 2.63. The monoisotopic (exact) mass is 472 g/mol. The lowest BCUT2D eigenvalue weighted by molar-refractivity contribution is 0.0892. The molecule has 0 saturated carbocycles. The van der Waals surface area contributed by atoms with Crippen molar-refractivity contribution in [3.63, 3.8) is 0 Å². The number of carbonyl (C=O) groups excluding carboxylic acids is 1. The van der Waals surface area contributed by atoms with E-state index in [-0.39, 0.29) is 29.0 Å². The topological polar surface area (TPSA) is 88.0 Å². The van der Waals surface area contributed by atoms with Crippen LogP contribution in [0.4, 0.5) is 0 Å². The second kappa shape index (κ2) is 12.0. The minimum absolute atomic E-state index is 0.116. The van der Waals surface area contributed by atoms with Crippen LogP contribution in [0.2, 0.25) is 0 Å². The summed E-state index contributed by atoms with van der Waals surface area (Å²) in [7, 11) is 4.86. The van der Waals surface area contributed by atoms with Crippen molar-refractivity contribution in [1.82, 2.24) is 9.88 Å². The number of rotatable bonds is 12. The molecule has 0 radical (unpaired) electrons. The number of hydrogen-bond acceptors (Lipinski definition) is 6. The van der Waals surface area contributed by atoms with E-state index in [1.54, 1.807) is 33.6 Å². The van der Waals surface area contributed by atoms with Crippen molar-refractivity contribution in [3.05, 3.63) is 45.7 Å². The first kappa shape index (κ1) is 25.8. The number of benzene rings is 1. The molecule has 3 rings (SSSR count). The number of hydrogen-bond donors (Lipinski definition) is 1. The molecule has 1 aromatic heterocycles. The van der Waals surface area contributed by atoms with Crippen molar-refractivity contribution >= 4 is 5.91 Å². The molecule has 1 amide bonds. The van der Waals surface area contributed by atoms with Crippen molar-refractivity contribution in [2.45, 2.75) is 51.6 Å². The summed E-state index contributed by atoms with van der Waals surface area (Å²) < 4.78 is 23.9. The fraction of sp³-hybridized carbons (Fsp3) is 0.538. The van der Waals surface area contributed by atoms with E-state index in [4.69, 9.17) is 18.9 Å². The first-order valence-corrected chi connectivity index (χ1v) is 11.9. The van der Waals surface area contributed by atoms with E-state index >= 15 is 0 Å².